The summed E-state index contributed by atoms with van der Waals surface area (Å²) in [6, 6.07) is 9.97. The van der Waals surface area contributed by atoms with Crippen molar-refractivity contribution in [2.24, 2.45) is 0 Å². The summed E-state index contributed by atoms with van der Waals surface area (Å²) in [4.78, 5) is 18.9. The summed E-state index contributed by atoms with van der Waals surface area (Å²) in [5.41, 5.74) is 1.77. The lowest BCUT2D eigenvalue weighted by atomic mass is 10.0. The number of hydrogen-bond donors (Lipinski definition) is 2. The first-order valence-corrected chi connectivity index (χ1v) is 10.3. The van der Waals surface area contributed by atoms with Gasteiger partial charge in [0.15, 0.2) is 0 Å². The van der Waals surface area contributed by atoms with E-state index < -0.39 is 12.7 Å². The van der Waals surface area contributed by atoms with Gasteiger partial charge in [0.1, 0.15) is 5.75 Å². The van der Waals surface area contributed by atoms with E-state index in [0.29, 0.717) is 12.0 Å². The highest BCUT2D eigenvalue weighted by atomic mass is 19.3. The topological polar surface area (TPSA) is 66.5 Å². The maximum atomic E-state index is 12.7. The van der Waals surface area contributed by atoms with E-state index in [1.54, 1.807) is 30.6 Å². The van der Waals surface area contributed by atoms with Crippen molar-refractivity contribution in [2.45, 2.75) is 51.4 Å². The fourth-order valence-corrected chi connectivity index (χ4v) is 3.74. The number of para-hydroxylation sites is 1. The first-order chi connectivity index (χ1) is 14.5. The van der Waals surface area contributed by atoms with Crippen LogP contribution in [0.2, 0.25) is 0 Å². The van der Waals surface area contributed by atoms with Crippen LogP contribution in [0.3, 0.4) is 0 Å². The molecule has 0 spiro atoms. The van der Waals surface area contributed by atoms with Crippen LogP contribution in [0.4, 0.5) is 13.6 Å². The molecule has 2 N–H and O–H groups in total. The van der Waals surface area contributed by atoms with Gasteiger partial charge in [0.25, 0.3) is 0 Å². The molecule has 2 amide bonds. The Labute approximate surface area is 175 Å². The van der Waals surface area contributed by atoms with Gasteiger partial charge < -0.3 is 15.4 Å². The van der Waals surface area contributed by atoms with Crippen molar-refractivity contribution >= 4 is 6.03 Å². The number of rotatable bonds is 8. The fraction of sp³-hybridized carbons (Fsp3) is 0.455. The molecule has 1 unspecified atom stereocenters. The predicted molar refractivity (Wildman–Crippen MR) is 110 cm³/mol. The number of amides is 2. The summed E-state index contributed by atoms with van der Waals surface area (Å²) in [6.45, 7) is 1.65. The summed E-state index contributed by atoms with van der Waals surface area (Å²) >= 11 is 0. The van der Waals surface area contributed by atoms with Crippen LogP contribution in [0.5, 0.6) is 5.75 Å². The van der Waals surface area contributed by atoms with Crippen LogP contribution in [0.15, 0.2) is 48.8 Å². The molecule has 6 nitrogen and oxygen atoms in total. The number of aromatic nitrogens is 1. The molecule has 162 valence electrons. The number of nitrogens with zero attached hydrogens (tertiary/aromatic N) is 2. The summed E-state index contributed by atoms with van der Waals surface area (Å²) in [5.74, 6) is 0.0871. The minimum absolute atomic E-state index is 0.0868. The van der Waals surface area contributed by atoms with Gasteiger partial charge in [-0.3, -0.25) is 9.88 Å². The summed E-state index contributed by atoms with van der Waals surface area (Å²) in [7, 11) is 0. The predicted octanol–water partition coefficient (Wildman–Crippen LogP) is 4.10. The molecule has 2 heterocycles. The Hall–Kier alpha value is -2.74. The van der Waals surface area contributed by atoms with E-state index in [1.165, 1.54) is 11.6 Å². The third-order valence-corrected chi connectivity index (χ3v) is 5.30. The second kappa shape index (κ2) is 10.9. The Bertz CT molecular complexity index is 799. The van der Waals surface area contributed by atoms with Crippen molar-refractivity contribution in [1.82, 2.24) is 20.5 Å². The van der Waals surface area contributed by atoms with Crippen molar-refractivity contribution in [1.29, 1.82) is 0 Å². The van der Waals surface area contributed by atoms with Crippen LogP contribution in [0, 0.1) is 0 Å². The standard InChI is InChI=1S/C22H28F2N4O2/c1-2-19(18-5-3-4-6-20(18)30-21(23)24)27-22(29)26-17-9-13-28(14-10-17)15-16-7-11-25-12-8-16/h3-8,11-12,17,19,21H,2,9-10,13-15H2,1H3,(H2,26,27,29). The number of nitrogens with one attached hydrogen (secondary N) is 2. The molecule has 1 atom stereocenters. The number of hydrogen-bond acceptors (Lipinski definition) is 4. The molecule has 1 aromatic carbocycles. The molecule has 1 saturated heterocycles. The van der Waals surface area contributed by atoms with Gasteiger partial charge in [-0.05, 0) is 43.0 Å². The SMILES string of the molecule is CCC(NC(=O)NC1CCN(Cc2ccncc2)CC1)c1ccccc1OC(F)F. The first kappa shape index (κ1) is 22.0. The molecule has 0 aliphatic carbocycles. The molecule has 2 aromatic rings. The van der Waals surface area contributed by atoms with Gasteiger partial charge in [-0.15, -0.1) is 0 Å². The number of likely N-dealkylation sites (tertiary alicyclic amines) is 1. The van der Waals surface area contributed by atoms with Gasteiger partial charge >= 0.3 is 12.6 Å². The average Bonchev–Trinajstić information content (AvgIpc) is 2.74. The Kier molecular flexibility index (Phi) is 7.96. The average molecular weight is 418 g/mol. The van der Waals surface area contributed by atoms with E-state index in [0.717, 1.165) is 32.5 Å². The van der Waals surface area contributed by atoms with E-state index in [-0.39, 0.29) is 17.8 Å². The molecule has 3 rings (SSSR count). The minimum atomic E-state index is -2.91. The molecule has 1 fully saturated rings. The fourth-order valence-electron chi connectivity index (χ4n) is 3.74. The molecular formula is C22H28F2N4O2. The smallest absolute Gasteiger partial charge is 0.387 e. The van der Waals surface area contributed by atoms with Gasteiger partial charge in [-0.1, -0.05) is 25.1 Å². The Morgan fingerprint density at radius 3 is 2.57 bits per heavy atom. The lowest BCUT2D eigenvalue weighted by Gasteiger charge is -2.32. The highest BCUT2D eigenvalue weighted by molar-refractivity contribution is 5.75. The maximum absolute atomic E-state index is 12.7. The minimum Gasteiger partial charge on any atom is -0.434 e. The lowest BCUT2D eigenvalue weighted by Crippen LogP contribution is -2.48. The molecule has 0 saturated carbocycles. The van der Waals surface area contributed by atoms with Crippen LogP contribution < -0.4 is 15.4 Å². The number of halogens is 2. The Morgan fingerprint density at radius 2 is 1.90 bits per heavy atom. The van der Waals surface area contributed by atoms with Crippen molar-refractivity contribution in [3.05, 3.63) is 59.9 Å². The van der Waals surface area contributed by atoms with Gasteiger partial charge in [-0.25, -0.2) is 4.79 Å². The highest BCUT2D eigenvalue weighted by Gasteiger charge is 2.23. The molecular weight excluding hydrogens is 390 g/mol. The first-order valence-electron chi connectivity index (χ1n) is 10.3. The van der Waals surface area contributed by atoms with Gasteiger partial charge in [-0.2, -0.15) is 8.78 Å². The molecule has 8 heteroatoms. The van der Waals surface area contributed by atoms with Crippen molar-refractivity contribution in [3.63, 3.8) is 0 Å². The summed E-state index contributed by atoms with van der Waals surface area (Å²) < 4.78 is 30.0. The molecule has 0 radical (unpaired) electrons. The lowest BCUT2D eigenvalue weighted by molar-refractivity contribution is -0.0506. The van der Waals surface area contributed by atoms with Crippen LogP contribution in [0.25, 0.3) is 0 Å². The van der Waals surface area contributed by atoms with Crippen molar-refractivity contribution < 1.29 is 18.3 Å². The zero-order valence-electron chi connectivity index (χ0n) is 17.1. The second-order valence-corrected chi connectivity index (χ2v) is 7.40. The second-order valence-electron chi connectivity index (χ2n) is 7.40. The number of urea groups is 1. The third-order valence-electron chi connectivity index (χ3n) is 5.30. The molecule has 1 aromatic heterocycles. The normalized spacial score (nSPS) is 16.3. The zero-order chi connectivity index (χ0) is 21.3. The number of piperidine rings is 1. The number of ether oxygens (including phenoxy) is 1. The summed E-state index contributed by atoms with van der Waals surface area (Å²) in [5, 5.41) is 5.92. The third kappa shape index (κ3) is 6.38. The van der Waals surface area contributed by atoms with Crippen LogP contribution >= 0.6 is 0 Å². The number of carbonyl (C=O) groups excluding carboxylic acids is 1. The van der Waals surface area contributed by atoms with E-state index in [1.807, 2.05) is 19.1 Å². The van der Waals surface area contributed by atoms with E-state index >= 15 is 0 Å². The zero-order valence-corrected chi connectivity index (χ0v) is 17.1. The highest BCUT2D eigenvalue weighted by Crippen LogP contribution is 2.28. The van der Waals surface area contributed by atoms with Gasteiger partial charge in [0.05, 0.1) is 6.04 Å². The van der Waals surface area contributed by atoms with Gasteiger partial charge in [0, 0.05) is 43.6 Å². The van der Waals surface area contributed by atoms with Crippen molar-refractivity contribution in [3.8, 4) is 5.75 Å². The van der Waals surface area contributed by atoms with Crippen LogP contribution in [-0.4, -0.2) is 41.7 Å². The maximum Gasteiger partial charge on any atom is 0.387 e. The molecule has 1 aliphatic rings. The number of pyridine rings is 1. The van der Waals surface area contributed by atoms with Crippen LogP contribution in [-0.2, 0) is 6.54 Å². The van der Waals surface area contributed by atoms with E-state index in [2.05, 4.69) is 25.3 Å². The van der Waals surface area contributed by atoms with Gasteiger partial charge in [0.2, 0.25) is 0 Å². The van der Waals surface area contributed by atoms with E-state index in [4.69, 9.17) is 0 Å². The monoisotopic (exact) mass is 418 g/mol. The number of alkyl halides is 2. The number of carbonyl (C=O) groups is 1. The molecule has 0 bridgehead atoms. The Balaban J connectivity index is 1.49. The largest absolute Gasteiger partial charge is 0.434 e. The van der Waals surface area contributed by atoms with Crippen LogP contribution in [0.1, 0.15) is 43.4 Å². The number of benzene rings is 1. The van der Waals surface area contributed by atoms with E-state index in [9.17, 15) is 13.6 Å². The molecule has 1 aliphatic heterocycles. The Morgan fingerprint density at radius 1 is 1.20 bits per heavy atom. The quantitative estimate of drug-likeness (QED) is 0.678. The molecule has 30 heavy (non-hydrogen) atoms. The summed E-state index contributed by atoms with van der Waals surface area (Å²) in [6.07, 6.45) is 5.87. The van der Waals surface area contributed by atoms with Crippen molar-refractivity contribution in [2.75, 3.05) is 13.1 Å².